The number of fused-ring (bicyclic) bond motifs is 1. The van der Waals surface area contributed by atoms with Crippen LogP contribution in [-0.2, 0) is 0 Å². The SMILES string of the molecule is CC(=O)c1cccc(Nc2c(C#N)nnc3ccc(C)cc23)c1. The topological polar surface area (TPSA) is 78.7 Å². The summed E-state index contributed by atoms with van der Waals surface area (Å²) in [5, 5.41) is 21.4. The third-order valence-electron chi connectivity index (χ3n) is 3.56. The van der Waals surface area contributed by atoms with Crippen molar-refractivity contribution in [3.05, 3.63) is 59.3 Å². The van der Waals surface area contributed by atoms with Crippen LogP contribution >= 0.6 is 0 Å². The molecule has 2 aromatic carbocycles. The molecule has 5 nitrogen and oxygen atoms in total. The Labute approximate surface area is 133 Å². The monoisotopic (exact) mass is 302 g/mol. The molecule has 0 amide bonds. The number of nitriles is 1. The smallest absolute Gasteiger partial charge is 0.187 e. The van der Waals surface area contributed by atoms with Gasteiger partial charge >= 0.3 is 0 Å². The van der Waals surface area contributed by atoms with E-state index in [0.29, 0.717) is 16.8 Å². The molecule has 0 saturated heterocycles. The maximum atomic E-state index is 11.5. The molecule has 0 unspecified atom stereocenters. The highest BCUT2D eigenvalue weighted by atomic mass is 16.1. The van der Waals surface area contributed by atoms with Crippen LogP contribution in [0.15, 0.2) is 42.5 Å². The van der Waals surface area contributed by atoms with Gasteiger partial charge in [0.1, 0.15) is 6.07 Å². The zero-order valence-electron chi connectivity index (χ0n) is 12.8. The van der Waals surface area contributed by atoms with Gasteiger partial charge < -0.3 is 5.32 Å². The lowest BCUT2D eigenvalue weighted by molar-refractivity contribution is 0.101. The Morgan fingerprint density at radius 3 is 2.74 bits per heavy atom. The standard InChI is InChI=1S/C18H14N4O/c1-11-6-7-16-15(8-11)18(17(10-19)22-21-16)20-14-5-3-4-13(9-14)12(2)23/h3-9H,1-2H3,(H,20,21). The number of anilines is 2. The van der Waals surface area contributed by atoms with Crippen LogP contribution < -0.4 is 5.32 Å². The Hall–Kier alpha value is -3.26. The first-order valence-electron chi connectivity index (χ1n) is 7.13. The van der Waals surface area contributed by atoms with Crippen LogP contribution in [0.3, 0.4) is 0 Å². The Balaban J connectivity index is 2.15. The molecule has 112 valence electrons. The molecule has 1 aromatic heterocycles. The number of Topliss-reactive ketones (excluding diaryl/α,β-unsaturated/α-hetero) is 1. The van der Waals surface area contributed by atoms with Crippen LogP contribution in [0.4, 0.5) is 11.4 Å². The molecule has 0 aliphatic rings. The van der Waals surface area contributed by atoms with Gasteiger partial charge in [-0.15, -0.1) is 10.2 Å². The second-order valence-corrected chi connectivity index (χ2v) is 5.32. The van der Waals surface area contributed by atoms with Crippen molar-refractivity contribution in [3.8, 4) is 6.07 Å². The number of carbonyl (C=O) groups is 1. The number of hydrogen-bond acceptors (Lipinski definition) is 5. The summed E-state index contributed by atoms with van der Waals surface area (Å²) >= 11 is 0. The van der Waals surface area contributed by atoms with Crippen LogP contribution in [0.2, 0.25) is 0 Å². The fourth-order valence-corrected chi connectivity index (χ4v) is 2.38. The average Bonchev–Trinajstić information content (AvgIpc) is 2.55. The van der Waals surface area contributed by atoms with Crippen molar-refractivity contribution in [2.45, 2.75) is 13.8 Å². The summed E-state index contributed by atoms with van der Waals surface area (Å²) in [5.74, 6) is -0.0114. The van der Waals surface area contributed by atoms with Gasteiger partial charge in [-0.3, -0.25) is 4.79 Å². The molecule has 3 rings (SSSR count). The van der Waals surface area contributed by atoms with E-state index in [1.54, 1.807) is 18.2 Å². The molecule has 0 spiro atoms. The highest BCUT2D eigenvalue weighted by Crippen LogP contribution is 2.28. The number of aromatic nitrogens is 2. The van der Waals surface area contributed by atoms with E-state index in [4.69, 9.17) is 0 Å². The molecule has 0 aliphatic carbocycles. The maximum absolute atomic E-state index is 11.5. The highest BCUT2D eigenvalue weighted by molar-refractivity contribution is 5.97. The number of benzene rings is 2. The van der Waals surface area contributed by atoms with E-state index in [-0.39, 0.29) is 11.5 Å². The number of nitrogens with one attached hydrogen (secondary N) is 1. The number of hydrogen-bond donors (Lipinski definition) is 1. The molecule has 1 N–H and O–H groups in total. The van der Waals surface area contributed by atoms with Crippen molar-refractivity contribution in [1.82, 2.24) is 10.2 Å². The average molecular weight is 302 g/mol. The Morgan fingerprint density at radius 1 is 1.17 bits per heavy atom. The third kappa shape index (κ3) is 2.87. The van der Waals surface area contributed by atoms with E-state index in [1.807, 2.05) is 31.2 Å². The molecular formula is C18H14N4O. The van der Waals surface area contributed by atoms with Gasteiger partial charge in [0.05, 0.1) is 11.2 Å². The predicted octanol–water partition coefficient (Wildman–Crippen LogP) is 3.76. The third-order valence-corrected chi connectivity index (χ3v) is 3.56. The van der Waals surface area contributed by atoms with Gasteiger partial charge in [0.15, 0.2) is 11.5 Å². The zero-order chi connectivity index (χ0) is 16.4. The van der Waals surface area contributed by atoms with Gasteiger partial charge in [-0.25, -0.2) is 0 Å². The molecule has 0 saturated carbocycles. The van der Waals surface area contributed by atoms with Crippen LogP contribution in [0.1, 0.15) is 28.5 Å². The summed E-state index contributed by atoms with van der Waals surface area (Å²) in [6.45, 7) is 3.50. The Bertz CT molecular complexity index is 957. The van der Waals surface area contributed by atoms with E-state index in [0.717, 1.165) is 16.6 Å². The summed E-state index contributed by atoms with van der Waals surface area (Å²) < 4.78 is 0. The van der Waals surface area contributed by atoms with Crippen molar-refractivity contribution in [1.29, 1.82) is 5.26 Å². The molecule has 0 bridgehead atoms. The van der Waals surface area contributed by atoms with E-state index in [2.05, 4.69) is 21.6 Å². The lowest BCUT2D eigenvalue weighted by Gasteiger charge is -2.11. The van der Waals surface area contributed by atoms with Crippen molar-refractivity contribution < 1.29 is 4.79 Å². The number of aryl methyl sites for hydroxylation is 1. The summed E-state index contributed by atoms with van der Waals surface area (Å²) in [4.78, 5) is 11.5. The maximum Gasteiger partial charge on any atom is 0.187 e. The molecule has 0 aliphatic heterocycles. The molecule has 0 atom stereocenters. The van der Waals surface area contributed by atoms with Gasteiger partial charge in [-0.1, -0.05) is 23.8 Å². The number of nitrogens with zero attached hydrogens (tertiary/aromatic N) is 3. The lowest BCUT2D eigenvalue weighted by atomic mass is 10.1. The molecule has 1 heterocycles. The fraction of sp³-hybridized carbons (Fsp3) is 0.111. The summed E-state index contributed by atoms with van der Waals surface area (Å²) in [5.41, 5.74) is 3.92. The second kappa shape index (κ2) is 5.85. The van der Waals surface area contributed by atoms with Gasteiger partial charge in [0.2, 0.25) is 0 Å². The first kappa shape index (κ1) is 14.7. The van der Waals surface area contributed by atoms with Crippen molar-refractivity contribution in [3.63, 3.8) is 0 Å². The van der Waals surface area contributed by atoms with Gasteiger partial charge in [-0.05, 0) is 38.1 Å². The molecule has 0 fully saturated rings. The lowest BCUT2D eigenvalue weighted by Crippen LogP contribution is -2.01. The van der Waals surface area contributed by atoms with Gasteiger partial charge in [0, 0.05) is 16.6 Å². The summed E-state index contributed by atoms with van der Waals surface area (Å²) in [6.07, 6.45) is 0. The van der Waals surface area contributed by atoms with E-state index in [9.17, 15) is 10.1 Å². The second-order valence-electron chi connectivity index (χ2n) is 5.32. The van der Waals surface area contributed by atoms with Crippen LogP contribution in [-0.4, -0.2) is 16.0 Å². The quantitative estimate of drug-likeness (QED) is 0.745. The summed E-state index contributed by atoms with van der Waals surface area (Å²) in [6, 6.07) is 15.0. The van der Waals surface area contributed by atoms with Crippen LogP contribution in [0.5, 0.6) is 0 Å². The molecule has 3 aromatic rings. The first-order valence-corrected chi connectivity index (χ1v) is 7.13. The zero-order valence-corrected chi connectivity index (χ0v) is 12.8. The molecule has 0 radical (unpaired) electrons. The number of carbonyl (C=O) groups excluding carboxylic acids is 1. The number of ketones is 1. The van der Waals surface area contributed by atoms with E-state index >= 15 is 0 Å². The predicted molar refractivity (Wildman–Crippen MR) is 88.7 cm³/mol. The first-order chi connectivity index (χ1) is 11.1. The van der Waals surface area contributed by atoms with Crippen molar-refractivity contribution in [2.75, 3.05) is 5.32 Å². The summed E-state index contributed by atoms with van der Waals surface area (Å²) in [7, 11) is 0. The Kier molecular flexibility index (Phi) is 3.73. The minimum absolute atomic E-state index is 0.0114. The molecular weight excluding hydrogens is 288 g/mol. The minimum atomic E-state index is -0.0114. The largest absolute Gasteiger partial charge is 0.353 e. The fourth-order valence-electron chi connectivity index (χ4n) is 2.38. The van der Waals surface area contributed by atoms with Crippen molar-refractivity contribution in [2.24, 2.45) is 0 Å². The normalized spacial score (nSPS) is 10.3. The van der Waals surface area contributed by atoms with Crippen LogP contribution in [0, 0.1) is 18.3 Å². The minimum Gasteiger partial charge on any atom is -0.353 e. The molecule has 5 heteroatoms. The van der Waals surface area contributed by atoms with Crippen molar-refractivity contribution >= 4 is 28.1 Å². The molecule has 23 heavy (non-hydrogen) atoms. The van der Waals surface area contributed by atoms with Gasteiger partial charge in [0.25, 0.3) is 0 Å². The highest BCUT2D eigenvalue weighted by Gasteiger charge is 2.11. The van der Waals surface area contributed by atoms with E-state index < -0.39 is 0 Å². The van der Waals surface area contributed by atoms with E-state index in [1.165, 1.54) is 6.92 Å². The van der Waals surface area contributed by atoms with Gasteiger partial charge in [-0.2, -0.15) is 5.26 Å². The van der Waals surface area contributed by atoms with Crippen LogP contribution in [0.25, 0.3) is 10.9 Å². The Morgan fingerprint density at radius 2 is 2.00 bits per heavy atom. The number of rotatable bonds is 3.